The molecule has 0 unspecified atom stereocenters. The molecule has 2 aromatic rings. The van der Waals surface area contributed by atoms with Gasteiger partial charge in [0.1, 0.15) is 11.5 Å². The monoisotopic (exact) mass is 293 g/mol. The molecule has 0 spiro atoms. The lowest BCUT2D eigenvalue weighted by Crippen LogP contribution is -2.04. The van der Waals surface area contributed by atoms with Crippen molar-refractivity contribution in [1.82, 2.24) is 0 Å². The Labute approximate surface area is 122 Å². The van der Waals surface area contributed by atoms with Crippen LogP contribution in [0.1, 0.15) is 18.5 Å². The summed E-state index contributed by atoms with van der Waals surface area (Å²) < 4.78 is 5.87. The summed E-state index contributed by atoms with van der Waals surface area (Å²) >= 11 is 7.87. The van der Waals surface area contributed by atoms with Crippen molar-refractivity contribution in [1.29, 1.82) is 0 Å². The molecule has 100 valence electrons. The summed E-state index contributed by atoms with van der Waals surface area (Å²) in [6.07, 6.45) is 2.02. The van der Waals surface area contributed by atoms with Crippen molar-refractivity contribution in [3.05, 3.63) is 53.1 Å². The van der Waals surface area contributed by atoms with E-state index < -0.39 is 0 Å². The van der Waals surface area contributed by atoms with Gasteiger partial charge in [0.05, 0.1) is 5.02 Å². The second kappa shape index (κ2) is 6.33. The molecule has 0 fully saturated rings. The van der Waals surface area contributed by atoms with Gasteiger partial charge in [-0.3, -0.25) is 0 Å². The minimum absolute atomic E-state index is 0.0370. The number of halogens is 1. The highest BCUT2D eigenvalue weighted by molar-refractivity contribution is 7.98. The summed E-state index contributed by atoms with van der Waals surface area (Å²) in [6.45, 7) is 1.93. The molecular formula is C15H16ClNOS. The van der Waals surface area contributed by atoms with Crippen molar-refractivity contribution in [2.45, 2.75) is 17.9 Å². The molecule has 2 aromatic carbocycles. The Morgan fingerprint density at radius 1 is 1.16 bits per heavy atom. The van der Waals surface area contributed by atoms with E-state index in [1.165, 1.54) is 0 Å². The molecule has 0 amide bonds. The van der Waals surface area contributed by atoms with Crippen molar-refractivity contribution < 1.29 is 4.74 Å². The van der Waals surface area contributed by atoms with E-state index in [4.69, 9.17) is 22.1 Å². The van der Waals surface area contributed by atoms with Crippen molar-refractivity contribution in [3.63, 3.8) is 0 Å². The number of nitrogens with two attached hydrogens (primary N) is 1. The van der Waals surface area contributed by atoms with Gasteiger partial charge in [-0.25, -0.2) is 0 Å². The van der Waals surface area contributed by atoms with Crippen molar-refractivity contribution in [3.8, 4) is 11.5 Å². The molecule has 0 aliphatic heterocycles. The molecule has 0 saturated heterocycles. The summed E-state index contributed by atoms with van der Waals surface area (Å²) in [5, 5.41) is 0.575. The van der Waals surface area contributed by atoms with Crippen LogP contribution in [0, 0.1) is 0 Å². The average Bonchev–Trinajstić information content (AvgIpc) is 2.41. The van der Waals surface area contributed by atoms with Crippen LogP contribution in [0.25, 0.3) is 0 Å². The van der Waals surface area contributed by atoms with Crippen molar-refractivity contribution in [2.75, 3.05) is 6.26 Å². The number of thioether (sulfide) groups is 1. The normalized spacial score (nSPS) is 12.2. The highest BCUT2D eigenvalue weighted by Crippen LogP contribution is 2.35. The third kappa shape index (κ3) is 3.44. The molecule has 4 heteroatoms. The van der Waals surface area contributed by atoms with E-state index in [0.29, 0.717) is 10.8 Å². The molecule has 0 aliphatic rings. The van der Waals surface area contributed by atoms with Gasteiger partial charge in [0.2, 0.25) is 0 Å². The summed E-state index contributed by atoms with van der Waals surface area (Å²) in [5.74, 6) is 1.46. The van der Waals surface area contributed by atoms with Gasteiger partial charge in [0, 0.05) is 10.9 Å². The van der Waals surface area contributed by atoms with E-state index in [-0.39, 0.29) is 6.04 Å². The minimum atomic E-state index is -0.0370. The van der Waals surface area contributed by atoms with Gasteiger partial charge in [-0.05, 0) is 43.0 Å². The fraction of sp³-hybridized carbons (Fsp3) is 0.200. The molecule has 0 heterocycles. The van der Waals surface area contributed by atoms with Crippen LogP contribution < -0.4 is 10.5 Å². The Bertz CT molecular complexity index is 572. The second-order valence-corrected chi connectivity index (χ2v) is 5.49. The molecule has 0 saturated carbocycles. The lowest BCUT2D eigenvalue weighted by atomic mass is 10.1. The number of hydrogen-bond donors (Lipinski definition) is 1. The topological polar surface area (TPSA) is 35.2 Å². The Hall–Kier alpha value is -1.16. The largest absolute Gasteiger partial charge is 0.455 e. The van der Waals surface area contributed by atoms with E-state index >= 15 is 0 Å². The smallest absolute Gasteiger partial charge is 0.146 e. The van der Waals surface area contributed by atoms with E-state index in [9.17, 15) is 0 Å². The molecule has 1 atom stereocenters. The van der Waals surface area contributed by atoms with Gasteiger partial charge in [-0.1, -0.05) is 29.8 Å². The van der Waals surface area contributed by atoms with Crippen LogP contribution in [-0.4, -0.2) is 6.26 Å². The van der Waals surface area contributed by atoms with Crippen molar-refractivity contribution >= 4 is 23.4 Å². The SMILES string of the molecule is CSc1ccccc1Oc1ccc([C@H](C)N)cc1Cl. The third-order valence-electron chi connectivity index (χ3n) is 2.77. The van der Waals surface area contributed by atoms with Gasteiger partial charge in [-0.15, -0.1) is 11.8 Å². The van der Waals surface area contributed by atoms with Gasteiger partial charge in [0.25, 0.3) is 0 Å². The quantitative estimate of drug-likeness (QED) is 0.817. The van der Waals surface area contributed by atoms with E-state index in [0.717, 1.165) is 16.2 Å². The lowest BCUT2D eigenvalue weighted by Gasteiger charge is -2.12. The maximum absolute atomic E-state index is 6.23. The summed E-state index contributed by atoms with van der Waals surface area (Å²) in [6, 6.07) is 13.5. The number of rotatable bonds is 4. The second-order valence-electron chi connectivity index (χ2n) is 4.23. The predicted molar refractivity (Wildman–Crippen MR) is 82.4 cm³/mol. The maximum Gasteiger partial charge on any atom is 0.146 e. The van der Waals surface area contributed by atoms with Gasteiger partial charge < -0.3 is 10.5 Å². The molecular weight excluding hydrogens is 278 g/mol. The molecule has 0 bridgehead atoms. The number of ether oxygens (including phenoxy) is 1. The molecule has 0 aromatic heterocycles. The zero-order chi connectivity index (χ0) is 13.8. The van der Waals surface area contributed by atoms with Gasteiger partial charge in [-0.2, -0.15) is 0 Å². The van der Waals surface area contributed by atoms with Crippen molar-refractivity contribution in [2.24, 2.45) is 5.73 Å². The molecule has 2 nitrogen and oxygen atoms in total. The molecule has 0 aliphatic carbocycles. The summed E-state index contributed by atoms with van der Waals surface area (Å²) in [5.41, 5.74) is 6.82. The van der Waals surface area contributed by atoms with Crippen LogP contribution >= 0.6 is 23.4 Å². The summed E-state index contributed by atoms with van der Waals surface area (Å²) in [4.78, 5) is 1.08. The van der Waals surface area contributed by atoms with Crippen LogP contribution in [0.5, 0.6) is 11.5 Å². The maximum atomic E-state index is 6.23. The first-order chi connectivity index (χ1) is 9.11. The lowest BCUT2D eigenvalue weighted by molar-refractivity contribution is 0.471. The number of hydrogen-bond acceptors (Lipinski definition) is 3. The average molecular weight is 294 g/mol. The molecule has 0 radical (unpaired) electrons. The molecule has 2 N–H and O–H groups in total. The third-order valence-corrected chi connectivity index (χ3v) is 3.84. The first-order valence-electron chi connectivity index (χ1n) is 5.97. The fourth-order valence-corrected chi connectivity index (χ4v) is 2.46. The Balaban J connectivity index is 2.28. The molecule has 19 heavy (non-hydrogen) atoms. The zero-order valence-corrected chi connectivity index (χ0v) is 12.5. The van der Waals surface area contributed by atoms with E-state index in [2.05, 4.69) is 0 Å². The standard InChI is InChI=1S/C15H16ClNOS/c1-10(17)11-7-8-13(12(16)9-11)18-14-5-3-4-6-15(14)19-2/h3-10H,17H2,1-2H3/t10-/m0/s1. The first-order valence-corrected chi connectivity index (χ1v) is 7.58. The number of benzene rings is 2. The predicted octanol–water partition coefficient (Wildman–Crippen LogP) is 4.87. The van der Waals surface area contributed by atoms with E-state index in [1.54, 1.807) is 11.8 Å². The highest BCUT2D eigenvalue weighted by Gasteiger charge is 2.09. The van der Waals surface area contributed by atoms with Gasteiger partial charge >= 0.3 is 0 Å². The Kier molecular flexibility index (Phi) is 4.75. The summed E-state index contributed by atoms with van der Waals surface area (Å²) in [7, 11) is 0. The van der Waals surface area contributed by atoms with Crippen LogP contribution in [0.3, 0.4) is 0 Å². The Morgan fingerprint density at radius 2 is 1.89 bits per heavy atom. The molecule has 2 rings (SSSR count). The zero-order valence-electron chi connectivity index (χ0n) is 10.9. The van der Waals surface area contributed by atoms with Crippen LogP contribution in [0.4, 0.5) is 0 Å². The Morgan fingerprint density at radius 3 is 2.53 bits per heavy atom. The highest BCUT2D eigenvalue weighted by atomic mass is 35.5. The fourth-order valence-electron chi connectivity index (χ4n) is 1.70. The van der Waals surface area contributed by atoms with Crippen LogP contribution in [-0.2, 0) is 0 Å². The van der Waals surface area contributed by atoms with E-state index in [1.807, 2.05) is 55.6 Å². The number of para-hydroxylation sites is 1. The first kappa shape index (κ1) is 14.3. The van der Waals surface area contributed by atoms with Crippen LogP contribution in [0.15, 0.2) is 47.4 Å². The minimum Gasteiger partial charge on any atom is -0.455 e. The van der Waals surface area contributed by atoms with Crippen LogP contribution in [0.2, 0.25) is 5.02 Å². The van der Waals surface area contributed by atoms with Gasteiger partial charge in [0.15, 0.2) is 0 Å².